The van der Waals surface area contributed by atoms with Gasteiger partial charge in [0.25, 0.3) is 5.91 Å². The quantitative estimate of drug-likeness (QED) is 0.944. The molecule has 1 unspecified atom stereocenters. The van der Waals surface area contributed by atoms with Crippen LogP contribution < -0.4 is 19.5 Å². The normalized spacial score (nSPS) is 17.7. The fourth-order valence-corrected chi connectivity index (χ4v) is 2.75. The Bertz CT molecular complexity index is 728. The van der Waals surface area contributed by atoms with Crippen LogP contribution in [0.3, 0.4) is 0 Å². The number of ether oxygens (including phenoxy) is 3. The van der Waals surface area contributed by atoms with E-state index in [9.17, 15) is 4.79 Å². The third kappa shape index (κ3) is 2.24. The predicted molar refractivity (Wildman–Crippen MR) is 79.6 cm³/mol. The van der Waals surface area contributed by atoms with Crippen molar-refractivity contribution >= 4 is 5.91 Å². The maximum Gasteiger partial charge on any atom is 0.251 e. The number of fused-ring (bicyclic) bond motifs is 2. The van der Waals surface area contributed by atoms with Gasteiger partial charge in [0, 0.05) is 23.6 Å². The van der Waals surface area contributed by atoms with Crippen molar-refractivity contribution in [1.82, 2.24) is 5.32 Å². The maximum absolute atomic E-state index is 12.3. The second-order valence-electron chi connectivity index (χ2n) is 5.32. The van der Waals surface area contributed by atoms with Gasteiger partial charge in [0.05, 0.1) is 6.61 Å². The van der Waals surface area contributed by atoms with Gasteiger partial charge in [-0.1, -0.05) is 18.2 Å². The number of rotatable bonds is 3. The van der Waals surface area contributed by atoms with Gasteiger partial charge >= 0.3 is 0 Å². The minimum atomic E-state index is -0.123. The van der Waals surface area contributed by atoms with Gasteiger partial charge in [-0.15, -0.1) is 0 Å². The van der Waals surface area contributed by atoms with Crippen LogP contribution in [-0.2, 0) is 0 Å². The monoisotopic (exact) mass is 297 g/mol. The molecule has 0 bridgehead atoms. The van der Waals surface area contributed by atoms with Gasteiger partial charge in [0.1, 0.15) is 5.75 Å². The van der Waals surface area contributed by atoms with E-state index < -0.39 is 0 Å². The molecule has 1 amide bonds. The largest absolute Gasteiger partial charge is 0.493 e. The first-order chi connectivity index (χ1) is 10.8. The van der Waals surface area contributed by atoms with E-state index >= 15 is 0 Å². The number of amides is 1. The van der Waals surface area contributed by atoms with Crippen LogP contribution >= 0.6 is 0 Å². The van der Waals surface area contributed by atoms with Crippen molar-refractivity contribution < 1.29 is 19.0 Å². The van der Waals surface area contributed by atoms with E-state index in [1.54, 1.807) is 18.2 Å². The lowest BCUT2D eigenvalue weighted by molar-refractivity contribution is 0.0949. The Labute approximate surface area is 127 Å². The Kier molecular flexibility index (Phi) is 3.11. The fourth-order valence-electron chi connectivity index (χ4n) is 2.75. The summed E-state index contributed by atoms with van der Waals surface area (Å²) >= 11 is 0. The van der Waals surface area contributed by atoms with E-state index in [4.69, 9.17) is 14.2 Å². The van der Waals surface area contributed by atoms with Gasteiger partial charge < -0.3 is 19.5 Å². The average Bonchev–Trinajstić information content (AvgIpc) is 3.18. The highest BCUT2D eigenvalue weighted by Crippen LogP contribution is 2.34. The molecule has 22 heavy (non-hydrogen) atoms. The molecule has 4 rings (SSSR count). The highest BCUT2D eigenvalue weighted by Gasteiger charge is 2.24. The molecule has 0 fully saturated rings. The van der Waals surface area contributed by atoms with Gasteiger partial charge in [-0.3, -0.25) is 4.79 Å². The number of para-hydroxylation sites is 1. The molecule has 0 saturated heterocycles. The summed E-state index contributed by atoms with van der Waals surface area (Å²) in [5, 5.41) is 2.96. The van der Waals surface area contributed by atoms with Crippen LogP contribution in [0.5, 0.6) is 17.2 Å². The van der Waals surface area contributed by atoms with Crippen LogP contribution in [0.4, 0.5) is 0 Å². The zero-order valence-electron chi connectivity index (χ0n) is 11.9. The summed E-state index contributed by atoms with van der Waals surface area (Å²) < 4.78 is 16.2. The van der Waals surface area contributed by atoms with Crippen LogP contribution in [0.15, 0.2) is 42.5 Å². The minimum Gasteiger partial charge on any atom is -0.493 e. The standard InChI is InChI=1S/C17H15NO4/c19-17(11-5-6-15-16(7-11)22-10-21-15)18-8-12-9-20-14-4-2-1-3-13(12)14/h1-7,12H,8-10H2,(H,18,19). The molecule has 0 aliphatic carbocycles. The third-order valence-corrected chi connectivity index (χ3v) is 3.94. The molecule has 5 nitrogen and oxygen atoms in total. The van der Waals surface area contributed by atoms with Crippen molar-refractivity contribution in [2.45, 2.75) is 5.92 Å². The topological polar surface area (TPSA) is 56.8 Å². The van der Waals surface area contributed by atoms with Crippen LogP contribution in [0.2, 0.25) is 0 Å². The summed E-state index contributed by atoms with van der Waals surface area (Å²) in [6.07, 6.45) is 0. The first-order valence-electron chi connectivity index (χ1n) is 7.21. The maximum atomic E-state index is 12.3. The number of carbonyl (C=O) groups is 1. The number of benzene rings is 2. The number of hydrogen-bond donors (Lipinski definition) is 1. The Morgan fingerprint density at radius 3 is 2.86 bits per heavy atom. The van der Waals surface area contributed by atoms with E-state index in [0.29, 0.717) is 30.2 Å². The van der Waals surface area contributed by atoms with Crippen molar-refractivity contribution in [3.05, 3.63) is 53.6 Å². The van der Waals surface area contributed by atoms with Gasteiger partial charge in [0.15, 0.2) is 11.5 Å². The Balaban J connectivity index is 1.43. The third-order valence-electron chi connectivity index (χ3n) is 3.94. The van der Waals surface area contributed by atoms with Crippen molar-refractivity contribution in [2.75, 3.05) is 19.9 Å². The van der Waals surface area contributed by atoms with Gasteiger partial charge in [-0.25, -0.2) is 0 Å². The molecule has 0 saturated carbocycles. The van der Waals surface area contributed by atoms with E-state index in [-0.39, 0.29) is 18.6 Å². The lowest BCUT2D eigenvalue weighted by atomic mass is 10.0. The lowest BCUT2D eigenvalue weighted by Gasteiger charge is -2.11. The van der Waals surface area contributed by atoms with Crippen molar-refractivity contribution in [2.24, 2.45) is 0 Å². The Morgan fingerprint density at radius 2 is 1.91 bits per heavy atom. The molecular weight excluding hydrogens is 282 g/mol. The molecule has 2 aromatic carbocycles. The molecule has 0 radical (unpaired) electrons. The molecular formula is C17H15NO4. The highest BCUT2D eigenvalue weighted by atomic mass is 16.7. The van der Waals surface area contributed by atoms with Crippen LogP contribution in [0.1, 0.15) is 21.8 Å². The highest BCUT2D eigenvalue weighted by molar-refractivity contribution is 5.95. The smallest absolute Gasteiger partial charge is 0.251 e. The number of hydrogen-bond acceptors (Lipinski definition) is 4. The van der Waals surface area contributed by atoms with Crippen molar-refractivity contribution in [3.8, 4) is 17.2 Å². The zero-order valence-corrected chi connectivity index (χ0v) is 11.9. The summed E-state index contributed by atoms with van der Waals surface area (Å²) in [4.78, 5) is 12.3. The summed E-state index contributed by atoms with van der Waals surface area (Å²) in [6.45, 7) is 1.35. The molecule has 2 aliphatic heterocycles. The molecule has 2 aliphatic rings. The van der Waals surface area contributed by atoms with Crippen molar-refractivity contribution in [1.29, 1.82) is 0 Å². The van der Waals surface area contributed by atoms with E-state index in [2.05, 4.69) is 5.32 Å². The molecule has 1 atom stereocenters. The fraction of sp³-hybridized carbons (Fsp3) is 0.235. The second-order valence-corrected chi connectivity index (χ2v) is 5.32. The summed E-state index contributed by atoms with van der Waals surface area (Å²) in [5.74, 6) is 2.26. The first kappa shape index (κ1) is 13.0. The van der Waals surface area contributed by atoms with Gasteiger partial charge in [-0.2, -0.15) is 0 Å². The SMILES string of the molecule is O=C(NCC1COc2ccccc21)c1ccc2c(c1)OCO2. The molecule has 1 N–H and O–H groups in total. The van der Waals surface area contributed by atoms with Crippen LogP contribution in [0, 0.1) is 0 Å². The molecule has 0 spiro atoms. The van der Waals surface area contributed by atoms with E-state index in [0.717, 1.165) is 11.3 Å². The predicted octanol–water partition coefficient (Wildman–Crippen LogP) is 2.32. The number of carbonyl (C=O) groups excluding carboxylic acids is 1. The molecule has 0 aromatic heterocycles. The molecule has 2 aromatic rings. The lowest BCUT2D eigenvalue weighted by Crippen LogP contribution is -2.28. The summed E-state index contributed by atoms with van der Waals surface area (Å²) in [5.41, 5.74) is 1.71. The van der Waals surface area contributed by atoms with E-state index in [1.165, 1.54) is 0 Å². The van der Waals surface area contributed by atoms with Gasteiger partial charge in [0.2, 0.25) is 6.79 Å². The Hall–Kier alpha value is -2.69. The van der Waals surface area contributed by atoms with Crippen LogP contribution in [0.25, 0.3) is 0 Å². The average molecular weight is 297 g/mol. The second kappa shape index (κ2) is 5.26. The summed E-state index contributed by atoms with van der Waals surface area (Å²) in [7, 11) is 0. The van der Waals surface area contributed by atoms with Gasteiger partial charge in [-0.05, 0) is 24.3 Å². The minimum absolute atomic E-state index is 0.123. The van der Waals surface area contributed by atoms with Crippen LogP contribution in [-0.4, -0.2) is 25.9 Å². The molecule has 5 heteroatoms. The zero-order chi connectivity index (χ0) is 14.9. The summed E-state index contributed by atoms with van der Waals surface area (Å²) in [6, 6.07) is 13.1. The Morgan fingerprint density at radius 1 is 1.05 bits per heavy atom. The molecule has 112 valence electrons. The van der Waals surface area contributed by atoms with E-state index in [1.807, 2.05) is 24.3 Å². The first-order valence-corrected chi connectivity index (χ1v) is 7.21. The van der Waals surface area contributed by atoms with Crippen molar-refractivity contribution in [3.63, 3.8) is 0 Å². The number of nitrogens with one attached hydrogen (secondary N) is 1. The molecule has 2 heterocycles.